The molecule has 5 heteroatoms. The first-order chi connectivity index (χ1) is 6.06. The predicted molar refractivity (Wildman–Crippen MR) is 46.4 cm³/mol. The zero-order valence-corrected chi connectivity index (χ0v) is 7.87. The fourth-order valence-electron chi connectivity index (χ4n) is 0.893. The van der Waals surface area contributed by atoms with E-state index in [1.807, 2.05) is 6.92 Å². The van der Waals surface area contributed by atoms with Crippen molar-refractivity contribution in [3.63, 3.8) is 0 Å². The fraction of sp³-hybridized carbons (Fsp3) is 0.750. The first-order valence-corrected chi connectivity index (χ1v) is 4.10. The lowest BCUT2D eigenvalue weighted by Gasteiger charge is -2.08. The van der Waals surface area contributed by atoms with E-state index < -0.39 is 12.1 Å². The van der Waals surface area contributed by atoms with Crippen LogP contribution >= 0.6 is 0 Å². The molecule has 0 aromatic rings. The Morgan fingerprint density at radius 1 is 1.54 bits per heavy atom. The molecule has 0 aromatic heterocycles. The van der Waals surface area contributed by atoms with E-state index >= 15 is 0 Å². The van der Waals surface area contributed by atoms with Crippen LogP contribution in [0.2, 0.25) is 0 Å². The summed E-state index contributed by atoms with van der Waals surface area (Å²) in [6.45, 7) is 2.27. The molecule has 0 rings (SSSR count). The van der Waals surface area contributed by atoms with Crippen molar-refractivity contribution in [3.8, 4) is 0 Å². The summed E-state index contributed by atoms with van der Waals surface area (Å²) in [6, 6.07) is 0. The summed E-state index contributed by atoms with van der Waals surface area (Å²) in [5.74, 6) is -0.750. The van der Waals surface area contributed by atoms with Crippen LogP contribution in [0.25, 0.3) is 0 Å². The molecule has 0 aliphatic carbocycles. The van der Waals surface area contributed by atoms with Gasteiger partial charge in [-0.1, -0.05) is 6.92 Å². The van der Waals surface area contributed by atoms with Crippen molar-refractivity contribution >= 4 is 12.1 Å². The maximum Gasteiger partial charge on any atom is 0.406 e. The van der Waals surface area contributed by atoms with Crippen molar-refractivity contribution in [3.05, 3.63) is 0 Å². The molecule has 0 bridgehead atoms. The van der Waals surface area contributed by atoms with E-state index in [4.69, 9.17) is 5.11 Å². The summed E-state index contributed by atoms with van der Waals surface area (Å²) in [5.41, 5.74) is 0. The summed E-state index contributed by atoms with van der Waals surface area (Å²) in [6.07, 6.45) is 0.284. The van der Waals surface area contributed by atoms with Crippen LogP contribution in [0, 0.1) is 5.92 Å². The van der Waals surface area contributed by atoms with Crippen LogP contribution in [0.1, 0.15) is 19.8 Å². The van der Waals surface area contributed by atoms with Crippen molar-refractivity contribution < 1.29 is 19.4 Å². The van der Waals surface area contributed by atoms with Gasteiger partial charge in [-0.3, -0.25) is 4.79 Å². The Morgan fingerprint density at radius 2 is 2.15 bits per heavy atom. The minimum absolute atomic E-state index is 0.0645. The Morgan fingerprint density at radius 3 is 2.62 bits per heavy atom. The molecule has 0 radical (unpaired) electrons. The number of aliphatic carboxylic acids is 1. The largest absolute Gasteiger partial charge is 0.481 e. The third-order valence-corrected chi connectivity index (χ3v) is 1.61. The molecule has 0 heterocycles. The van der Waals surface area contributed by atoms with Crippen molar-refractivity contribution in [2.24, 2.45) is 5.92 Å². The Balaban J connectivity index is 3.42. The molecule has 2 N–H and O–H groups in total. The molecule has 0 saturated heterocycles. The number of carboxylic acid groups (broad SMARTS) is 1. The van der Waals surface area contributed by atoms with E-state index in [0.717, 1.165) is 0 Å². The molecule has 0 spiro atoms. The predicted octanol–water partition coefficient (Wildman–Crippen LogP) is 0.843. The second-order valence-electron chi connectivity index (χ2n) is 2.91. The van der Waals surface area contributed by atoms with Gasteiger partial charge in [0.1, 0.15) is 0 Å². The molecule has 0 aliphatic heterocycles. The molecule has 0 aliphatic rings. The number of nitrogens with one attached hydrogen (secondary N) is 1. The number of carbonyl (C=O) groups excluding carboxylic acids is 1. The molecule has 5 nitrogen and oxygen atoms in total. The van der Waals surface area contributed by atoms with E-state index in [0.29, 0.717) is 13.0 Å². The van der Waals surface area contributed by atoms with E-state index in [1.165, 1.54) is 7.11 Å². The number of hydrogen-bond donors (Lipinski definition) is 2. The third kappa shape index (κ3) is 7.11. The van der Waals surface area contributed by atoms with Gasteiger partial charge in [-0.05, 0) is 12.3 Å². The van der Waals surface area contributed by atoms with E-state index in [2.05, 4.69) is 10.1 Å². The average molecular weight is 189 g/mol. The molecule has 76 valence electrons. The van der Waals surface area contributed by atoms with E-state index in [-0.39, 0.29) is 12.3 Å². The first kappa shape index (κ1) is 11.7. The number of ether oxygens (including phenoxy) is 1. The quantitative estimate of drug-likeness (QED) is 0.672. The number of methoxy groups -OCH3 is 1. The number of alkyl carbamates (subject to hydrolysis) is 1. The highest BCUT2D eigenvalue weighted by Crippen LogP contribution is 2.05. The van der Waals surface area contributed by atoms with Gasteiger partial charge in [0.15, 0.2) is 0 Å². The van der Waals surface area contributed by atoms with Crippen molar-refractivity contribution in [1.82, 2.24) is 5.32 Å². The van der Waals surface area contributed by atoms with Gasteiger partial charge in [0, 0.05) is 13.0 Å². The number of hydrogen-bond acceptors (Lipinski definition) is 3. The number of carbonyl (C=O) groups is 2. The monoisotopic (exact) mass is 189 g/mol. The van der Waals surface area contributed by atoms with Crippen LogP contribution in [0.4, 0.5) is 4.79 Å². The summed E-state index contributed by atoms with van der Waals surface area (Å²) >= 11 is 0. The maximum absolute atomic E-state index is 10.6. The van der Waals surface area contributed by atoms with Gasteiger partial charge >= 0.3 is 12.1 Å². The van der Waals surface area contributed by atoms with Crippen LogP contribution in [-0.4, -0.2) is 30.8 Å². The van der Waals surface area contributed by atoms with Gasteiger partial charge in [0.25, 0.3) is 0 Å². The first-order valence-electron chi connectivity index (χ1n) is 4.10. The lowest BCUT2D eigenvalue weighted by atomic mass is 10.0. The van der Waals surface area contributed by atoms with Crippen LogP contribution in [-0.2, 0) is 9.53 Å². The van der Waals surface area contributed by atoms with Crippen molar-refractivity contribution in [2.45, 2.75) is 19.8 Å². The Labute approximate surface area is 77.1 Å². The second kappa shape index (κ2) is 6.28. The average Bonchev–Trinajstić information content (AvgIpc) is 2.02. The molecule has 0 aromatic carbocycles. The van der Waals surface area contributed by atoms with E-state index in [9.17, 15) is 9.59 Å². The molecule has 1 unspecified atom stereocenters. The topological polar surface area (TPSA) is 75.6 Å². The van der Waals surface area contributed by atoms with Crippen molar-refractivity contribution in [1.29, 1.82) is 0 Å². The van der Waals surface area contributed by atoms with Crippen molar-refractivity contribution in [2.75, 3.05) is 13.7 Å². The zero-order chi connectivity index (χ0) is 10.3. The van der Waals surface area contributed by atoms with Gasteiger partial charge in [0.05, 0.1) is 7.11 Å². The molecular weight excluding hydrogens is 174 g/mol. The van der Waals surface area contributed by atoms with Gasteiger partial charge < -0.3 is 15.2 Å². The van der Waals surface area contributed by atoms with Crippen LogP contribution in [0.5, 0.6) is 0 Å². The lowest BCUT2D eigenvalue weighted by Crippen LogP contribution is -2.25. The SMILES string of the molecule is COC(=O)NCCC(C)CC(=O)O. The minimum atomic E-state index is -0.814. The van der Waals surface area contributed by atoms with Crippen LogP contribution in [0.15, 0.2) is 0 Å². The van der Waals surface area contributed by atoms with Gasteiger partial charge in [0.2, 0.25) is 0 Å². The summed E-state index contributed by atoms with van der Waals surface area (Å²) in [7, 11) is 1.29. The molecule has 0 saturated carbocycles. The Kier molecular flexibility index (Phi) is 5.67. The molecule has 1 amide bonds. The highest BCUT2D eigenvalue weighted by molar-refractivity contribution is 5.67. The minimum Gasteiger partial charge on any atom is -0.481 e. The molecule has 1 atom stereocenters. The van der Waals surface area contributed by atoms with Crippen LogP contribution in [0.3, 0.4) is 0 Å². The third-order valence-electron chi connectivity index (χ3n) is 1.61. The maximum atomic E-state index is 10.6. The number of carboxylic acids is 1. The number of amides is 1. The summed E-state index contributed by atoms with van der Waals surface area (Å²) in [4.78, 5) is 20.8. The molecule has 13 heavy (non-hydrogen) atoms. The van der Waals surface area contributed by atoms with Gasteiger partial charge in [-0.2, -0.15) is 0 Å². The highest BCUT2D eigenvalue weighted by Gasteiger charge is 2.07. The van der Waals surface area contributed by atoms with E-state index in [1.54, 1.807) is 0 Å². The highest BCUT2D eigenvalue weighted by atomic mass is 16.5. The summed E-state index contributed by atoms with van der Waals surface area (Å²) < 4.78 is 4.35. The van der Waals surface area contributed by atoms with Crippen LogP contribution < -0.4 is 5.32 Å². The number of rotatable bonds is 5. The summed E-state index contributed by atoms with van der Waals surface area (Å²) in [5, 5.41) is 10.9. The van der Waals surface area contributed by atoms with Gasteiger partial charge in [-0.15, -0.1) is 0 Å². The Hall–Kier alpha value is -1.26. The standard InChI is InChI=1S/C8H15NO4/c1-6(5-7(10)11)3-4-9-8(12)13-2/h6H,3-5H2,1-2H3,(H,9,12)(H,10,11). The Bertz CT molecular complexity index is 181. The lowest BCUT2D eigenvalue weighted by molar-refractivity contribution is -0.138. The second-order valence-corrected chi connectivity index (χ2v) is 2.91. The fourth-order valence-corrected chi connectivity index (χ4v) is 0.893. The zero-order valence-electron chi connectivity index (χ0n) is 7.87. The van der Waals surface area contributed by atoms with Gasteiger partial charge in [-0.25, -0.2) is 4.79 Å². The normalized spacial score (nSPS) is 11.8. The molecule has 0 fully saturated rings. The molecular formula is C8H15NO4. The smallest absolute Gasteiger partial charge is 0.406 e.